The van der Waals surface area contributed by atoms with Gasteiger partial charge in [-0.15, -0.1) is 0 Å². The summed E-state index contributed by atoms with van der Waals surface area (Å²) >= 11 is 0. The van der Waals surface area contributed by atoms with Gasteiger partial charge in [-0.3, -0.25) is 4.79 Å². The second-order valence-corrected chi connectivity index (χ2v) is 8.92. The van der Waals surface area contributed by atoms with E-state index in [1.54, 1.807) is 0 Å². The van der Waals surface area contributed by atoms with E-state index in [0.29, 0.717) is 19.3 Å². The van der Waals surface area contributed by atoms with Crippen molar-refractivity contribution in [3.63, 3.8) is 0 Å². The van der Waals surface area contributed by atoms with Crippen molar-refractivity contribution in [2.24, 2.45) is 29.1 Å². The SMILES string of the molecule is C=C1C(=O)OC2CC(C)C3C(OC(=O)CC(C)C)CC(O)C3(C)C(O)C12. The standard InChI is InChI=1S/C20H30O6/c1-9(2)6-15(22)25-13-8-14(21)20(5)17(13)10(3)7-12-16(18(20)23)11(4)19(24)26-12/h9-10,12-14,16-18,21,23H,4,6-8H2,1-3,5H3. The number of carbonyl (C=O) groups excluding carboxylic acids is 2. The molecule has 0 radical (unpaired) electrons. The Kier molecular flexibility index (Phi) is 4.95. The van der Waals surface area contributed by atoms with Crippen molar-refractivity contribution in [3.8, 4) is 0 Å². The Balaban J connectivity index is 1.91. The van der Waals surface area contributed by atoms with Crippen LogP contribution in [0.2, 0.25) is 0 Å². The summed E-state index contributed by atoms with van der Waals surface area (Å²) in [5, 5.41) is 22.0. The van der Waals surface area contributed by atoms with E-state index in [1.165, 1.54) is 0 Å². The van der Waals surface area contributed by atoms with Gasteiger partial charge in [0.25, 0.3) is 0 Å². The number of rotatable bonds is 3. The van der Waals surface area contributed by atoms with Crippen LogP contribution in [-0.2, 0) is 19.1 Å². The third-order valence-corrected chi connectivity index (χ3v) is 6.67. The molecule has 1 aliphatic heterocycles. The molecule has 0 aromatic rings. The second-order valence-electron chi connectivity index (χ2n) is 8.92. The highest BCUT2D eigenvalue weighted by atomic mass is 16.6. The van der Waals surface area contributed by atoms with Gasteiger partial charge in [0.15, 0.2) is 0 Å². The fraction of sp³-hybridized carbons (Fsp3) is 0.800. The summed E-state index contributed by atoms with van der Waals surface area (Å²) < 4.78 is 11.2. The average Bonchev–Trinajstić information content (AvgIpc) is 2.89. The summed E-state index contributed by atoms with van der Waals surface area (Å²) in [7, 11) is 0. The van der Waals surface area contributed by atoms with Gasteiger partial charge in [0.2, 0.25) is 0 Å². The lowest BCUT2D eigenvalue weighted by Gasteiger charge is -2.41. The molecule has 8 atom stereocenters. The van der Waals surface area contributed by atoms with Crippen LogP contribution < -0.4 is 0 Å². The predicted molar refractivity (Wildman–Crippen MR) is 93.9 cm³/mol. The minimum atomic E-state index is -0.981. The first-order valence-electron chi connectivity index (χ1n) is 9.52. The molecule has 1 saturated heterocycles. The maximum absolute atomic E-state index is 12.2. The molecule has 8 unspecified atom stereocenters. The molecule has 0 bridgehead atoms. The lowest BCUT2D eigenvalue weighted by molar-refractivity contribution is -0.155. The third kappa shape index (κ3) is 2.87. The Morgan fingerprint density at radius 2 is 2.04 bits per heavy atom. The molecule has 3 aliphatic rings. The minimum Gasteiger partial charge on any atom is -0.462 e. The molecule has 3 rings (SSSR count). The lowest BCUT2D eigenvalue weighted by atomic mass is 9.67. The van der Waals surface area contributed by atoms with Gasteiger partial charge in [0.05, 0.1) is 18.1 Å². The normalized spacial score (nSPS) is 45.1. The van der Waals surface area contributed by atoms with Crippen molar-refractivity contribution in [3.05, 3.63) is 12.2 Å². The quantitative estimate of drug-likeness (QED) is 0.585. The highest BCUT2D eigenvalue weighted by Gasteiger charge is 2.64. The van der Waals surface area contributed by atoms with Crippen LogP contribution in [0, 0.1) is 29.1 Å². The molecule has 6 heteroatoms. The van der Waals surface area contributed by atoms with E-state index in [4.69, 9.17) is 9.47 Å². The van der Waals surface area contributed by atoms with Gasteiger partial charge >= 0.3 is 11.9 Å². The topological polar surface area (TPSA) is 93.1 Å². The molecule has 2 saturated carbocycles. The van der Waals surface area contributed by atoms with E-state index in [0.717, 1.165) is 0 Å². The highest BCUT2D eigenvalue weighted by Crippen LogP contribution is 2.57. The third-order valence-electron chi connectivity index (χ3n) is 6.67. The summed E-state index contributed by atoms with van der Waals surface area (Å²) in [5.41, 5.74) is -0.623. The molecule has 2 N–H and O–H groups in total. The number of carbonyl (C=O) groups is 2. The van der Waals surface area contributed by atoms with Crippen LogP contribution in [-0.4, -0.2) is 46.6 Å². The Morgan fingerprint density at radius 1 is 1.38 bits per heavy atom. The van der Waals surface area contributed by atoms with E-state index in [2.05, 4.69) is 6.58 Å². The van der Waals surface area contributed by atoms with E-state index >= 15 is 0 Å². The maximum atomic E-state index is 12.2. The smallest absolute Gasteiger partial charge is 0.334 e. The summed E-state index contributed by atoms with van der Waals surface area (Å²) in [5.74, 6) is -1.28. The first-order chi connectivity index (χ1) is 12.1. The number of esters is 2. The van der Waals surface area contributed by atoms with E-state index in [9.17, 15) is 19.8 Å². The van der Waals surface area contributed by atoms with Crippen LogP contribution in [0.1, 0.15) is 47.0 Å². The van der Waals surface area contributed by atoms with E-state index in [1.807, 2.05) is 27.7 Å². The summed E-state index contributed by atoms with van der Waals surface area (Å²) in [6.07, 6.45) is -1.53. The Bertz CT molecular complexity index is 613. The van der Waals surface area contributed by atoms with Crippen LogP contribution >= 0.6 is 0 Å². The molecule has 2 aliphatic carbocycles. The molecule has 3 fully saturated rings. The number of ether oxygens (including phenoxy) is 2. The lowest BCUT2D eigenvalue weighted by Crippen LogP contribution is -2.49. The molecular formula is C20H30O6. The number of hydrogen-bond donors (Lipinski definition) is 2. The summed E-state index contributed by atoms with van der Waals surface area (Å²) in [4.78, 5) is 24.1. The van der Waals surface area contributed by atoms with Crippen LogP contribution in [0.15, 0.2) is 12.2 Å². The second kappa shape index (κ2) is 6.64. The van der Waals surface area contributed by atoms with E-state index < -0.39 is 41.7 Å². The van der Waals surface area contributed by atoms with E-state index in [-0.39, 0.29) is 29.3 Å². The summed E-state index contributed by atoms with van der Waals surface area (Å²) in [6, 6.07) is 0. The van der Waals surface area contributed by atoms with Crippen molar-refractivity contribution < 1.29 is 29.3 Å². The predicted octanol–water partition coefficient (Wildman–Crippen LogP) is 1.83. The summed E-state index contributed by atoms with van der Waals surface area (Å²) in [6.45, 7) is 11.6. The van der Waals surface area contributed by atoms with Crippen molar-refractivity contribution in [1.29, 1.82) is 0 Å². The first kappa shape index (κ1) is 19.4. The molecule has 0 spiro atoms. The van der Waals surface area contributed by atoms with Gasteiger partial charge in [-0.25, -0.2) is 4.79 Å². The van der Waals surface area contributed by atoms with Gasteiger partial charge in [-0.05, 0) is 18.3 Å². The zero-order chi connectivity index (χ0) is 19.4. The number of aliphatic hydroxyl groups excluding tert-OH is 2. The van der Waals surface area contributed by atoms with Crippen molar-refractivity contribution >= 4 is 11.9 Å². The first-order valence-corrected chi connectivity index (χ1v) is 9.52. The monoisotopic (exact) mass is 366 g/mol. The molecule has 0 amide bonds. The molecule has 0 aromatic carbocycles. The maximum Gasteiger partial charge on any atom is 0.334 e. The van der Waals surface area contributed by atoms with Crippen LogP contribution in [0.5, 0.6) is 0 Å². The molecule has 6 nitrogen and oxygen atoms in total. The van der Waals surface area contributed by atoms with Crippen LogP contribution in [0.25, 0.3) is 0 Å². The fourth-order valence-corrected chi connectivity index (χ4v) is 5.42. The van der Waals surface area contributed by atoms with Crippen molar-refractivity contribution in [2.75, 3.05) is 0 Å². The molecule has 1 heterocycles. The zero-order valence-corrected chi connectivity index (χ0v) is 16.0. The molecular weight excluding hydrogens is 336 g/mol. The average molecular weight is 366 g/mol. The van der Waals surface area contributed by atoms with Crippen LogP contribution in [0.4, 0.5) is 0 Å². The Hall–Kier alpha value is -1.40. The van der Waals surface area contributed by atoms with Gasteiger partial charge < -0.3 is 19.7 Å². The highest BCUT2D eigenvalue weighted by molar-refractivity contribution is 5.91. The van der Waals surface area contributed by atoms with Crippen molar-refractivity contribution in [1.82, 2.24) is 0 Å². The van der Waals surface area contributed by atoms with Gasteiger partial charge in [-0.1, -0.05) is 34.3 Å². The van der Waals surface area contributed by atoms with Gasteiger partial charge in [0, 0.05) is 29.7 Å². The van der Waals surface area contributed by atoms with Crippen LogP contribution in [0.3, 0.4) is 0 Å². The number of fused-ring (bicyclic) bond motifs is 2. The molecule has 26 heavy (non-hydrogen) atoms. The largest absolute Gasteiger partial charge is 0.462 e. The van der Waals surface area contributed by atoms with Crippen molar-refractivity contribution in [2.45, 2.75) is 71.4 Å². The zero-order valence-electron chi connectivity index (χ0n) is 16.0. The fourth-order valence-electron chi connectivity index (χ4n) is 5.42. The molecule has 146 valence electrons. The van der Waals surface area contributed by atoms with Gasteiger partial charge in [-0.2, -0.15) is 0 Å². The minimum absolute atomic E-state index is 0.0114. The Labute approximate surface area is 154 Å². The Morgan fingerprint density at radius 3 is 2.65 bits per heavy atom. The van der Waals surface area contributed by atoms with Gasteiger partial charge in [0.1, 0.15) is 12.2 Å². The number of aliphatic hydroxyl groups is 2. The molecule has 0 aromatic heterocycles. The number of hydrogen-bond acceptors (Lipinski definition) is 6.